The predicted molar refractivity (Wildman–Crippen MR) is 141 cm³/mol. The summed E-state index contributed by atoms with van der Waals surface area (Å²) in [6, 6.07) is 26.7. The fourth-order valence-corrected chi connectivity index (χ4v) is 6.36. The Bertz CT molecular complexity index is 1530. The molecule has 2 heteroatoms. The van der Waals surface area contributed by atoms with Crippen LogP contribution in [-0.4, -0.2) is 24.4 Å². The third-order valence-corrected chi connectivity index (χ3v) is 8.08. The van der Waals surface area contributed by atoms with E-state index in [4.69, 9.17) is 0 Å². The fourth-order valence-electron chi connectivity index (χ4n) is 6.36. The largest absolute Gasteiger partial charge is 0.347 e. The lowest BCUT2D eigenvalue weighted by molar-refractivity contribution is -0.399. The zero-order chi connectivity index (χ0) is 23.1. The SMILES string of the molecule is CN1/C(=C/C2=[N+](C)c3c(ccc4ccccc34)C2(C)C)C(C)(C)c2c1ccc1ccccc21. The van der Waals surface area contributed by atoms with Crippen LogP contribution in [0.2, 0.25) is 0 Å². The lowest BCUT2D eigenvalue weighted by Crippen LogP contribution is -2.31. The van der Waals surface area contributed by atoms with E-state index in [1.807, 2.05) is 0 Å². The van der Waals surface area contributed by atoms with Crippen molar-refractivity contribution in [3.63, 3.8) is 0 Å². The lowest BCUT2D eigenvalue weighted by atomic mass is 9.77. The highest BCUT2D eigenvalue weighted by Crippen LogP contribution is 2.51. The van der Waals surface area contributed by atoms with Crippen molar-refractivity contribution in [1.82, 2.24) is 0 Å². The topological polar surface area (TPSA) is 6.25 Å². The Hall–Kier alpha value is -3.39. The van der Waals surface area contributed by atoms with Gasteiger partial charge in [0.05, 0.1) is 10.8 Å². The summed E-state index contributed by atoms with van der Waals surface area (Å²) in [6.45, 7) is 9.47. The van der Waals surface area contributed by atoms with E-state index in [-0.39, 0.29) is 10.8 Å². The van der Waals surface area contributed by atoms with Gasteiger partial charge in [0, 0.05) is 35.5 Å². The number of nitrogens with zero attached hydrogens (tertiary/aromatic N) is 2. The first-order valence-electron chi connectivity index (χ1n) is 11.8. The van der Waals surface area contributed by atoms with Gasteiger partial charge in [0.15, 0.2) is 5.71 Å². The van der Waals surface area contributed by atoms with Gasteiger partial charge >= 0.3 is 0 Å². The molecule has 4 aromatic carbocycles. The van der Waals surface area contributed by atoms with Crippen LogP contribution in [0.3, 0.4) is 0 Å². The van der Waals surface area contributed by atoms with Crippen LogP contribution in [-0.2, 0) is 10.8 Å². The molecule has 0 atom stereocenters. The van der Waals surface area contributed by atoms with Crippen molar-refractivity contribution in [2.24, 2.45) is 0 Å². The number of allylic oxidation sites excluding steroid dienone is 2. The minimum atomic E-state index is -0.0916. The molecule has 0 saturated carbocycles. The van der Waals surface area contributed by atoms with E-state index in [0.717, 1.165) is 0 Å². The number of benzene rings is 4. The normalized spacial score (nSPS) is 19.6. The molecule has 0 fully saturated rings. The Balaban J connectivity index is 1.59. The van der Waals surface area contributed by atoms with E-state index in [9.17, 15) is 0 Å². The van der Waals surface area contributed by atoms with Crippen LogP contribution in [0, 0.1) is 0 Å². The van der Waals surface area contributed by atoms with Gasteiger partial charge in [-0.3, -0.25) is 0 Å². The maximum Gasteiger partial charge on any atom is 0.217 e. The molecule has 0 radical (unpaired) electrons. The highest BCUT2D eigenvalue weighted by atomic mass is 15.2. The highest BCUT2D eigenvalue weighted by Gasteiger charge is 2.47. The van der Waals surface area contributed by atoms with Crippen molar-refractivity contribution in [2.45, 2.75) is 38.5 Å². The van der Waals surface area contributed by atoms with Crippen LogP contribution in [0.4, 0.5) is 11.4 Å². The molecule has 0 bridgehead atoms. The van der Waals surface area contributed by atoms with Gasteiger partial charge in [-0.1, -0.05) is 74.5 Å². The Morgan fingerprint density at radius 1 is 0.727 bits per heavy atom. The maximum absolute atomic E-state index is 2.46. The molecule has 0 saturated heterocycles. The van der Waals surface area contributed by atoms with E-state index in [1.54, 1.807) is 0 Å². The molecule has 2 aliphatic rings. The first kappa shape index (κ1) is 20.2. The Labute approximate surface area is 196 Å². The number of anilines is 1. The Morgan fingerprint density at radius 3 is 2.06 bits per heavy atom. The molecule has 0 aromatic heterocycles. The monoisotopic (exact) mass is 431 g/mol. The lowest BCUT2D eigenvalue weighted by Gasteiger charge is -2.25. The molecule has 4 aromatic rings. The quantitative estimate of drug-likeness (QED) is 0.286. The number of likely N-dealkylation sites (N-methyl/N-ethyl adjacent to an activating group) is 1. The van der Waals surface area contributed by atoms with E-state index >= 15 is 0 Å². The number of fused-ring (bicyclic) bond motifs is 6. The van der Waals surface area contributed by atoms with Gasteiger partial charge in [-0.05, 0) is 47.7 Å². The van der Waals surface area contributed by atoms with Gasteiger partial charge in [0.1, 0.15) is 7.05 Å². The van der Waals surface area contributed by atoms with Crippen LogP contribution in [0.1, 0.15) is 38.8 Å². The van der Waals surface area contributed by atoms with Crippen molar-refractivity contribution in [3.05, 3.63) is 95.7 Å². The molecule has 2 heterocycles. The summed E-state index contributed by atoms with van der Waals surface area (Å²) < 4.78 is 2.43. The van der Waals surface area contributed by atoms with Crippen LogP contribution in [0.15, 0.2) is 84.6 Å². The van der Waals surface area contributed by atoms with Gasteiger partial charge in [0.2, 0.25) is 5.69 Å². The van der Waals surface area contributed by atoms with Crippen molar-refractivity contribution in [1.29, 1.82) is 0 Å². The average molecular weight is 432 g/mol. The summed E-state index contributed by atoms with van der Waals surface area (Å²) in [5.41, 5.74) is 8.01. The molecule has 0 N–H and O–H groups in total. The summed E-state index contributed by atoms with van der Waals surface area (Å²) in [5, 5.41) is 5.29. The van der Waals surface area contributed by atoms with Crippen LogP contribution in [0.25, 0.3) is 21.5 Å². The average Bonchev–Trinajstić information content (AvgIpc) is 3.13. The van der Waals surface area contributed by atoms with Gasteiger partial charge in [0.25, 0.3) is 0 Å². The molecule has 6 rings (SSSR count). The van der Waals surface area contributed by atoms with Crippen LogP contribution in [0.5, 0.6) is 0 Å². The van der Waals surface area contributed by atoms with Crippen molar-refractivity contribution in [3.8, 4) is 0 Å². The second kappa shape index (κ2) is 6.57. The number of hydrogen-bond donors (Lipinski definition) is 0. The zero-order valence-electron chi connectivity index (χ0n) is 20.4. The predicted octanol–water partition coefficient (Wildman–Crippen LogP) is 7.31. The third kappa shape index (κ3) is 2.58. The molecule has 0 unspecified atom stereocenters. The summed E-state index contributed by atoms with van der Waals surface area (Å²) >= 11 is 0. The fraction of sp³-hybridized carbons (Fsp3) is 0.258. The maximum atomic E-state index is 2.46. The zero-order valence-corrected chi connectivity index (χ0v) is 20.4. The van der Waals surface area contributed by atoms with Crippen LogP contribution >= 0.6 is 0 Å². The van der Waals surface area contributed by atoms with Crippen molar-refractivity contribution < 1.29 is 4.58 Å². The second-order valence-corrected chi connectivity index (χ2v) is 10.6. The Kier molecular flexibility index (Phi) is 4.03. The molecule has 0 aliphatic carbocycles. The third-order valence-electron chi connectivity index (χ3n) is 8.08. The first-order chi connectivity index (χ1) is 15.7. The van der Waals surface area contributed by atoms with Gasteiger partial charge < -0.3 is 4.90 Å². The molecule has 33 heavy (non-hydrogen) atoms. The van der Waals surface area contributed by atoms with E-state index in [1.165, 1.54) is 55.5 Å². The van der Waals surface area contributed by atoms with E-state index < -0.39 is 0 Å². The smallest absolute Gasteiger partial charge is 0.217 e. The molecule has 2 nitrogen and oxygen atoms in total. The van der Waals surface area contributed by atoms with E-state index in [0.29, 0.717) is 0 Å². The van der Waals surface area contributed by atoms with E-state index in [2.05, 4.69) is 130 Å². The number of rotatable bonds is 1. The Morgan fingerprint density at radius 2 is 1.33 bits per heavy atom. The minimum absolute atomic E-state index is 0.0745. The van der Waals surface area contributed by atoms with Crippen molar-refractivity contribution >= 4 is 38.6 Å². The minimum Gasteiger partial charge on any atom is -0.347 e. The molecule has 0 amide bonds. The highest BCUT2D eigenvalue weighted by molar-refractivity contribution is 6.08. The molecular weight excluding hydrogens is 400 g/mol. The number of hydrogen-bond acceptors (Lipinski definition) is 1. The summed E-state index contributed by atoms with van der Waals surface area (Å²) in [4.78, 5) is 2.40. The van der Waals surface area contributed by atoms with Gasteiger partial charge in [-0.15, -0.1) is 0 Å². The van der Waals surface area contributed by atoms with Gasteiger partial charge in [-0.2, -0.15) is 4.58 Å². The van der Waals surface area contributed by atoms with Crippen LogP contribution < -0.4 is 4.90 Å². The molecule has 164 valence electrons. The molecule has 0 spiro atoms. The van der Waals surface area contributed by atoms with Crippen molar-refractivity contribution in [2.75, 3.05) is 19.0 Å². The molecule has 2 aliphatic heterocycles. The summed E-state index contributed by atoms with van der Waals surface area (Å²) in [5.74, 6) is 0. The van der Waals surface area contributed by atoms with Gasteiger partial charge in [-0.25, -0.2) is 0 Å². The standard InChI is InChI=1S/C31H31N2/c1-30(2)24-17-15-21-12-8-10-14-23(21)29(24)33(6)26(30)19-27-31(3,4)28-22-13-9-7-11-20(22)16-18-25(28)32(27)5/h7-19H,1-6H3/q+1. The first-order valence-corrected chi connectivity index (χ1v) is 11.8. The summed E-state index contributed by atoms with van der Waals surface area (Å²) in [7, 11) is 4.45. The second-order valence-electron chi connectivity index (χ2n) is 10.6. The summed E-state index contributed by atoms with van der Waals surface area (Å²) in [6.07, 6.45) is 2.46. The molecular formula is C31H31N2+.